The van der Waals surface area contributed by atoms with Crippen molar-refractivity contribution < 1.29 is 9.59 Å². The molecule has 4 N–H and O–H groups in total. The molecule has 5 nitrogen and oxygen atoms in total. The maximum Gasteiger partial charge on any atom is 0.251 e. The smallest absolute Gasteiger partial charge is 0.251 e. The van der Waals surface area contributed by atoms with Crippen LogP contribution in [0.5, 0.6) is 0 Å². The number of rotatable bonds is 5. The Balaban J connectivity index is 2.29. The van der Waals surface area contributed by atoms with Crippen LogP contribution in [-0.4, -0.2) is 30.9 Å². The van der Waals surface area contributed by atoms with E-state index in [-0.39, 0.29) is 17.2 Å². The standard InChI is InChI=1S/C15H23N3O2/c1-15(2,3)12(16)14(20)18-10-9-17-13(19)11-7-5-4-6-8-11/h4-8,12H,9-10,16H2,1-3H3,(H,17,19)(H,18,20)/t12-/m1/s1. The van der Waals surface area contributed by atoms with Crippen molar-refractivity contribution in [1.29, 1.82) is 0 Å². The Bertz CT molecular complexity index is 452. The Hall–Kier alpha value is -1.88. The van der Waals surface area contributed by atoms with Gasteiger partial charge in [-0.2, -0.15) is 0 Å². The van der Waals surface area contributed by atoms with E-state index in [9.17, 15) is 9.59 Å². The minimum atomic E-state index is -0.563. The summed E-state index contributed by atoms with van der Waals surface area (Å²) in [4.78, 5) is 23.5. The maximum atomic E-state index is 11.8. The highest BCUT2D eigenvalue weighted by atomic mass is 16.2. The van der Waals surface area contributed by atoms with Gasteiger partial charge in [-0.3, -0.25) is 9.59 Å². The average Bonchev–Trinajstić information content (AvgIpc) is 2.42. The van der Waals surface area contributed by atoms with Crippen molar-refractivity contribution in [3.05, 3.63) is 35.9 Å². The van der Waals surface area contributed by atoms with Crippen LogP contribution in [0.1, 0.15) is 31.1 Å². The largest absolute Gasteiger partial charge is 0.353 e. The van der Waals surface area contributed by atoms with Gasteiger partial charge in [-0.15, -0.1) is 0 Å². The molecule has 0 fully saturated rings. The Morgan fingerprint density at radius 3 is 2.20 bits per heavy atom. The molecule has 1 aromatic rings. The fourth-order valence-corrected chi connectivity index (χ4v) is 1.56. The summed E-state index contributed by atoms with van der Waals surface area (Å²) in [6, 6.07) is 8.38. The molecule has 1 atom stereocenters. The summed E-state index contributed by atoms with van der Waals surface area (Å²) in [5.74, 6) is -0.355. The van der Waals surface area contributed by atoms with E-state index in [1.807, 2.05) is 26.8 Å². The zero-order valence-corrected chi connectivity index (χ0v) is 12.3. The highest BCUT2D eigenvalue weighted by molar-refractivity contribution is 5.94. The fourth-order valence-electron chi connectivity index (χ4n) is 1.56. The molecule has 1 rings (SSSR count). The molecule has 0 aliphatic carbocycles. The molecule has 110 valence electrons. The van der Waals surface area contributed by atoms with Gasteiger partial charge in [0.2, 0.25) is 5.91 Å². The van der Waals surface area contributed by atoms with E-state index in [1.165, 1.54) is 0 Å². The third kappa shape index (κ3) is 5.01. The first kappa shape index (κ1) is 16.2. The van der Waals surface area contributed by atoms with E-state index in [2.05, 4.69) is 10.6 Å². The van der Waals surface area contributed by atoms with Crippen molar-refractivity contribution in [2.45, 2.75) is 26.8 Å². The minimum absolute atomic E-state index is 0.153. The van der Waals surface area contributed by atoms with Crippen LogP contribution in [0.2, 0.25) is 0 Å². The van der Waals surface area contributed by atoms with Gasteiger partial charge in [-0.1, -0.05) is 39.0 Å². The molecule has 0 unspecified atom stereocenters. The number of carbonyl (C=O) groups excluding carboxylic acids is 2. The number of carbonyl (C=O) groups is 2. The number of hydrogen-bond donors (Lipinski definition) is 3. The van der Waals surface area contributed by atoms with Gasteiger partial charge < -0.3 is 16.4 Å². The van der Waals surface area contributed by atoms with Crippen LogP contribution in [0.15, 0.2) is 30.3 Å². The van der Waals surface area contributed by atoms with Crippen LogP contribution in [0.4, 0.5) is 0 Å². The zero-order valence-electron chi connectivity index (χ0n) is 12.3. The van der Waals surface area contributed by atoms with Crippen LogP contribution in [0, 0.1) is 5.41 Å². The lowest BCUT2D eigenvalue weighted by Gasteiger charge is -2.25. The normalized spacial score (nSPS) is 12.6. The first-order valence-corrected chi connectivity index (χ1v) is 6.69. The summed E-state index contributed by atoms with van der Waals surface area (Å²) < 4.78 is 0. The molecule has 0 aromatic heterocycles. The van der Waals surface area contributed by atoms with Crippen LogP contribution in [0.3, 0.4) is 0 Å². The van der Waals surface area contributed by atoms with Gasteiger partial charge >= 0.3 is 0 Å². The van der Waals surface area contributed by atoms with Gasteiger partial charge in [-0.25, -0.2) is 0 Å². The van der Waals surface area contributed by atoms with E-state index in [4.69, 9.17) is 5.73 Å². The molecule has 0 saturated carbocycles. The summed E-state index contributed by atoms with van der Waals surface area (Å²) in [6.07, 6.45) is 0. The number of amides is 2. The second-order valence-electron chi connectivity index (χ2n) is 5.76. The monoisotopic (exact) mass is 277 g/mol. The summed E-state index contributed by atoms with van der Waals surface area (Å²) in [5, 5.41) is 5.45. The van der Waals surface area contributed by atoms with Crippen molar-refractivity contribution >= 4 is 11.8 Å². The van der Waals surface area contributed by atoms with Crippen molar-refractivity contribution in [1.82, 2.24) is 10.6 Å². The third-order valence-electron chi connectivity index (χ3n) is 2.96. The van der Waals surface area contributed by atoms with Crippen molar-refractivity contribution in [3.63, 3.8) is 0 Å². The van der Waals surface area contributed by atoms with Crippen LogP contribution < -0.4 is 16.4 Å². The number of nitrogens with one attached hydrogen (secondary N) is 2. The van der Waals surface area contributed by atoms with Crippen molar-refractivity contribution in [3.8, 4) is 0 Å². The second kappa shape index (κ2) is 7.05. The minimum Gasteiger partial charge on any atom is -0.353 e. The molecule has 0 radical (unpaired) electrons. The third-order valence-corrected chi connectivity index (χ3v) is 2.96. The zero-order chi connectivity index (χ0) is 15.2. The molecule has 5 heteroatoms. The molecule has 0 bridgehead atoms. The van der Waals surface area contributed by atoms with Gasteiger partial charge in [0.1, 0.15) is 0 Å². The predicted molar refractivity (Wildman–Crippen MR) is 79.2 cm³/mol. The number of hydrogen-bond acceptors (Lipinski definition) is 3. The quantitative estimate of drug-likeness (QED) is 0.699. The molecule has 0 saturated heterocycles. The molecule has 1 aromatic carbocycles. The summed E-state index contributed by atoms with van der Waals surface area (Å²) in [5.41, 5.74) is 6.15. The Morgan fingerprint density at radius 1 is 1.10 bits per heavy atom. The summed E-state index contributed by atoms with van der Waals surface area (Å²) in [6.45, 7) is 6.47. The highest BCUT2D eigenvalue weighted by Crippen LogP contribution is 2.16. The maximum absolute atomic E-state index is 11.8. The number of benzene rings is 1. The lowest BCUT2D eigenvalue weighted by atomic mass is 9.87. The molecule has 0 spiro atoms. The Kier molecular flexibility index (Phi) is 5.70. The Morgan fingerprint density at radius 2 is 1.65 bits per heavy atom. The molecule has 20 heavy (non-hydrogen) atoms. The van der Waals surface area contributed by atoms with E-state index < -0.39 is 6.04 Å². The van der Waals surface area contributed by atoms with Gasteiger partial charge in [0.25, 0.3) is 5.91 Å². The highest BCUT2D eigenvalue weighted by Gasteiger charge is 2.26. The SMILES string of the molecule is CC(C)(C)[C@H](N)C(=O)NCCNC(=O)c1ccccc1. The molecular formula is C15H23N3O2. The van der Waals surface area contributed by atoms with Crippen LogP contribution in [-0.2, 0) is 4.79 Å². The lowest BCUT2D eigenvalue weighted by Crippen LogP contribution is -2.49. The van der Waals surface area contributed by atoms with Gasteiger partial charge in [-0.05, 0) is 17.5 Å². The van der Waals surface area contributed by atoms with E-state index in [1.54, 1.807) is 24.3 Å². The number of nitrogens with two attached hydrogens (primary N) is 1. The van der Waals surface area contributed by atoms with Gasteiger partial charge in [0.15, 0.2) is 0 Å². The molecule has 0 heterocycles. The Labute approximate surface area is 119 Å². The van der Waals surface area contributed by atoms with Crippen molar-refractivity contribution in [2.24, 2.45) is 11.1 Å². The van der Waals surface area contributed by atoms with Crippen molar-refractivity contribution in [2.75, 3.05) is 13.1 Å². The lowest BCUT2D eigenvalue weighted by molar-refractivity contribution is -0.124. The topological polar surface area (TPSA) is 84.2 Å². The van der Waals surface area contributed by atoms with E-state index in [0.717, 1.165) is 0 Å². The summed E-state index contributed by atoms with van der Waals surface area (Å²) >= 11 is 0. The molecular weight excluding hydrogens is 254 g/mol. The first-order valence-electron chi connectivity index (χ1n) is 6.69. The average molecular weight is 277 g/mol. The summed E-state index contributed by atoms with van der Waals surface area (Å²) in [7, 11) is 0. The van der Waals surface area contributed by atoms with Gasteiger partial charge in [0.05, 0.1) is 6.04 Å². The van der Waals surface area contributed by atoms with E-state index >= 15 is 0 Å². The van der Waals surface area contributed by atoms with E-state index in [0.29, 0.717) is 18.7 Å². The van der Waals surface area contributed by atoms with Gasteiger partial charge in [0, 0.05) is 18.7 Å². The predicted octanol–water partition coefficient (Wildman–Crippen LogP) is 0.906. The molecule has 0 aliphatic heterocycles. The molecule has 2 amide bonds. The first-order chi connectivity index (χ1) is 9.32. The molecule has 0 aliphatic rings. The second-order valence-corrected chi connectivity index (χ2v) is 5.76. The van der Waals surface area contributed by atoms with Crippen LogP contribution in [0.25, 0.3) is 0 Å². The van der Waals surface area contributed by atoms with Crippen LogP contribution >= 0.6 is 0 Å². The fraction of sp³-hybridized carbons (Fsp3) is 0.467.